The van der Waals surface area contributed by atoms with Gasteiger partial charge in [-0.3, -0.25) is 4.31 Å². The molecule has 0 aliphatic rings. The third-order valence-corrected chi connectivity index (χ3v) is 3.20. The summed E-state index contributed by atoms with van der Waals surface area (Å²) in [5.41, 5.74) is 7.00. The molecule has 0 atom stereocenters. The average Bonchev–Trinajstić information content (AvgIpc) is 2.19. The van der Waals surface area contributed by atoms with E-state index in [4.69, 9.17) is 10.9 Å². The summed E-state index contributed by atoms with van der Waals surface area (Å²) in [5.74, 6) is 0. The largest absolute Gasteiger partial charge is 0.330 e. The van der Waals surface area contributed by atoms with Crippen LogP contribution in [-0.4, -0.2) is 21.5 Å². The molecule has 0 unspecified atom stereocenters. The number of benzene rings is 1. The standard InChI is InChI=1S/C10H17N3O2S/c1-9-3-5-10(6-4-9)13(8-2-7-11)16(12,14)15/h3-6H,2,7-8,11H2,1H3,(H2,12,14,15). The van der Waals surface area contributed by atoms with Crippen LogP contribution in [0.2, 0.25) is 0 Å². The van der Waals surface area contributed by atoms with Gasteiger partial charge in [0.25, 0.3) is 10.2 Å². The van der Waals surface area contributed by atoms with Crippen molar-refractivity contribution in [1.82, 2.24) is 0 Å². The van der Waals surface area contributed by atoms with Crippen molar-refractivity contribution >= 4 is 15.9 Å². The zero-order valence-electron chi connectivity index (χ0n) is 9.26. The molecule has 0 aliphatic heterocycles. The van der Waals surface area contributed by atoms with Crippen molar-refractivity contribution in [2.75, 3.05) is 17.4 Å². The summed E-state index contributed by atoms with van der Waals surface area (Å²) in [6.45, 7) is 2.67. The number of aryl methyl sites for hydroxylation is 1. The van der Waals surface area contributed by atoms with E-state index in [-0.39, 0.29) is 0 Å². The fourth-order valence-corrected chi connectivity index (χ4v) is 2.15. The molecule has 0 radical (unpaired) electrons. The first kappa shape index (κ1) is 13.0. The Hall–Kier alpha value is -1.11. The minimum Gasteiger partial charge on any atom is -0.330 e. The Kier molecular flexibility index (Phi) is 4.28. The van der Waals surface area contributed by atoms with Gasteiger partial charge in [-0.25, -0.2) is 5.14 Å². The normalized spacial score (nSPS) is 11.4. The van der Waals surface area contributed by atoms with E-state index in [1.54, 1.807) is 12.1 Å². The lowest BCUT2D eigenvalue weighted by molar-refractivity contribution is 0.591. The van der Waals surface area contributed by atoms with Crippen molar-refractivity contribution in [2.24, 2.45) is 10.9 Å². The molecule has 0 fully saturated rings. The van der Waals surface area contributed by atoms with Gasteiger partial charge in [-0.15, -0.1) is 0 Å². The van der Waals surface area contributed by atoms with E-state index in [0.717, 1.165) is 5.56 Å². The summed E-state index contributed by atoms with van der Waals surface area (Å²) in [6, 6.07) is 7.15. The van der Waals surface area contributed by atoms with Crippen LogP contribution in [0.25, 0.3) is 0 Å². The first-order valence-electron chi connectivity index (χ1n) is 5.02. The van der Waals surface area contributed by atoms with Gasteiger partial charge in [0.05, 0.1) is 5.69 Å². The maximum atomic E-state index is 11.4. The Bertz CT molecular complexity index is 428. The molecule has 4 N–H and O–H groups in total. The highest BCUT2D eigenvalue weighted by molar-refractivity contribution is 7.90. The lowest BCUT2D eigenvalue weighted by atomic mass is 10.2. The molecule has 0 amide bonds. The molecule has 0 saturated heterocycles. The summed E-state index contributed by atoms with van der Waals surface area (Å²) in [6.07, 6.45) is 0.574. The van der Waals surface area contributed by atoms with Gasteiger partial charge in [0.1, 0.15) is 0 Å². The smallest absolute Gasteiger partial charge is 0.298 e. The second-order valence-corrected chi connectivity index (χ2v) is 5.07. The summed E-state index contributed by atoms with van der Waals surface area (Å²) < 4.78 is 23.9. The van der Waals surface area contributed by atoms with E-state index in [1.807, 2.05) is 19.1 Å². The van der Waals surface area contributed by atoms with E-state index < -0.39 is 10.2 Å². The molecule has 0 heterocycles. The average molecular weight is 243 g/mol. The van der Waals surface area contributed by atoms with Crippen LogP contribution < -0.4 is 15.2 Å². The van der Waals surface area contributed by atoms with E-state index in [0.29, 0.717) is 25.2 Å². The molecule has 0 saturated carbocycles. The molecule has 90 valence electrons. The van der Waals surface area contributed by atoms with Gasteiger partial charge >= 0.3 is 0 Å². The van der Waals surface area contributed by atoms with E-state index >= 15 is 0 Å². The first-order valence-corrected chi connectivity index (χ1v) is 6.52. The van der Waals surface area contributed by atoms with Gasteiger partial charge in [-0.05, 0) is 32.0 Å². The highest BCUT2D eigenvalue weighted by atomic mass is 32.2. The number of hydrogen-bond acceptors (Lipinski definition) is 3. The van der Waals surface area contributed by atoms with Crippen LogP contribution in [0.15, 0.2) is 24.3 Å². The maximum absolute atomic E-state index is 11.4. The number of rotatable bonds is 5. The van der Waals surface area contributed by atoms with E-state index in [9.17, 15) is 8.42 Å². The molecule has 0 spiro atoms. The van der Waals surface area contributed by atoms with Crippen molar-refractivity contribution in [3.8, 4) is 0 Å². The summed E-state index contributed by atoms with van der Waals surface area (Å²) in [7, 11) is -3.73. The molecule has 1 aromatic rings. The summed E-state index contributed by atoms with van der Waals surface area (Å²) in [4.78, 5) is 0. The van der Waals surface area contributed by atoms with Crippen LogP contribution in [0.1, 0.15) is 12.0 Å². The molecule has 1 aromatic carbocycles. The highest BCUT2D eigenvalue weighted by Crippen LogP contribution is 2.17. The van der Waals surface area contributed by atoms with Gasteiger partial charge in [0.2, 0.25) is 0 Å². The molecule has 0 aromatic heterocycles. The molecule has 5 nitrogen and oxygen atoms in total. The van der Waals surface area contributed by atoms with Gasteiger partial charge < -0.3 is 5.73 Å². The minimum atomic E-state index is -3.73. The SMILES string of the molecule is Cc1ccc(N(CCCN)S(N)(=O)=O)cc1. The van der Waals surface area contributed by atoms with Crippen molar-refractivity contribution in [1.29, 1.82) is 0 Å². The molecule has 1 rings (SSSR count). The summed E-state index contributed by atoms with van der Waals surface area (Å²) in [5, 5.41) is 5.15. The number of anilines is 1. The predicted octanol–water partition coefficient (Wildman–Crippen LogP) is 0.354. The minimum absolute atomic E-state index is 0.304. The van der Waals surface area contributed by atoms with Crippen LogP contribution in [0, 0.1) is 6.92 Å². The lowest BCUT2D eigenvalue weighted by Crippen LogP contribution is -2.38. The van der Waals surface area contributed by atoms with E-state index in [2.05, 4.69) is 0 Å². The fraction of sp³-hybridized carbons (Fsp3) is 0.400. The Morgan fingerprint density at radius 1 is 1.25 bits per heavy atom. The zero-order valence-corrected chi connectivity index (χ0v) is 10.1. The van der Waals surface area contributed by atoms with Crippen molar-refractivity contribution in [3.63, 3.8) is 0 Å². The van der Waals surface area contributed by atoms with Gasteiger partial charge in [-0.2, -0.15) is 8.42 Å². The molecule has 0 aliphatic carbocycles. The maximum Gasteiger partial charge on any atom is 0.298 e. The Morgan fingerprint density at radius 2 is 1.81 bits per heavy atom. The van der Waals surface area contributed by atoms with Crippen LogP contribution in [-0.2, 0) is 10.2 Å². The molecular formula is C10H17N3O2S. The Morgan fingerprint density at radius 3 is 2.25 bits per heavy atom. The third kappa shape index (κ3) is 3.48. The monoisotopic (exact) mass is 243 g/mol. The van der Waals surface area contributed by atoms with Crippen LogP contribution in [0.5, 0.6) is 0 Å². The number of nitrogens with two attached hydrogens (primary N) is 2. The lowest BCUT2D eigenvalue weighted by Gasteiger charge is -2.21. The number of hydrogen-bond donors (Lipinski definition) is 2. The van der Waals surface area contributed by atoms with Crippen LogP contribution >= 0.6 is 0 Å². The van der Waals surface area contributed by atoms with Crippen molar-refractivity contribution in [2.45, 2.75) is 13.3 Å². The Labute approximate surface area is 96.2 Å². The Balaban J connectivity index is 2.97. The first-order chi connectivity index (χ1) is 7.45. The molecule has 6 heteroatoms. The number of nitrogens with zero attached hydrogens (tertiary/aromatic N) is 1. The molecule has 16 heavy (non-hydrogen) atoms. The van der Waals surface area contributed by atoms with Crippen LogP contribution in [0.4, 0.5) is 5.69 Å². The van der Waals surface area contributed by atoms with Crippen molar-refractivity contribution in [3.05, 3.63) is 29.8 Å². The third-order valence-electron chi connectivity index (χ3n) is 2.19. The van der Waals surface area contributed by atoms with Crippen molar-refractivity contribution < 1.29 is 8.42 Å². The van der Waals surface area contributed by atoms with E-state index in [1.165, 1.54) is 4.31 Å². The van der Waals surface area contributed by atoms with Crippen LogP contribution in [0.3, 0.4) is 0 Å². The quantitative estimate of drug-likeness (QED) is 0.782. The van der Waals surface area contributed by atoms with Gasteiger partial charge in [0.15, 0.2) is 0 Å². The molecule has 0 bridgehead atoms. The van der Waals surface area contributed by atoms with Gasteiger partial charge in [0, 0.05) is 6.54 Å². The highest BCUT2D eigenvalue weighted by Gasteiger charge is 2.16. The second kappa shape index (κ2) is 5.29. The zero-order chi connectivity index (χ0) is 12.2. The fourth-order valence-electron chi connectivity index (χ4n) is 1.35. The topological polar surface area (TPSA) is 89.4 Å². The summed E-state index contributed by atoms with van der Waals surface area (Å²) >= 11 is 0. The predicted molar refractivity (Wildman–Crippen MR) is 65.3 cm³/mol. The van der Waals surface area contributed by atoms with Gasteiger partial charge in [-0.1, -0.05) is 17.7 Å². The second-order valence-electron chi connectivity index (χ2n) is 3.59. The molecular weight excluding hydrogens is 226 g/mol.